The van der Waals surface area contributed by atoms with Crippen LogP contribution in [-0.2, 0) is 31.0 Å². The van der Waals surface area contributed by atoms with Crippen LogP contribution in [0.4, 0.5) is 23.1 Å². The largest absolute Gasteiger partial charge is 0.462 e. The molecule has 1 aromatic carbocycles. The van der Waals surface area contributed by atoms with Crippen LogP contribution in [0.2, 0.25) is 0 Å². The highest BCUT2D eigenvalue weighted by Gasteiger charge is 2.38. The van der Waals surface area contributed by atoms with E-state index in [-0.39, 0.29) is 54.0 Å². The molecule has 2 saturated carbocycles. The number of likely N-dealkylation sites (tertiary alicyclic amines) is 1. The molecule has 0 bridgehead atoms. The molecule has 4 amide bonds. The summed E-state index contributed by atoms with van der Waals surface area (Å²) < 4.78 is 7.09. The number of carbonyl (C=O) groups excluding carboxylic acids is 5. The molecule has 70 heavy (non-hydrogen) atoms. The maximum atomic E-state index is 14.0. The zero-order valence-electron chi connectivity index (χ0n) is 41.6. The van der Waals surface area contributed by atoms with Crippen LogP contribution in [0.15, 0.2) is 36.7 Å². The van der Waals surface area contributed by atoms with Crippen molar-refractivity contribution in [1.82, 2.24) is 44.7 Å². The van der Waals surface area contributed by atoms with Crippen molar-refractivity contribution in [3.63, 3.8) is 0 Å². The molecule has 3 unspecified atom stereocenters. The molecule has 0 radical (unpaired) electrons. The number of aryl methyl sites for hydroxylation is 2. The second kappa shape index (κ2) is 22.6. The Morgan fingerprint density at radius 3 is 2.13 bits per heavy atom. The number of ether oxygens (including phenoxy) is 1. The van der Waals surface area contributed by atoms with Gasteiger partial charge >= 0.3 is 5.97 Å². The molecule has 18 heteroatoms. The number of benzene rings is 1. The van der Waals surface area contributed by atoms with Gasteiger partial charge in [0.2, 0.25) is 29.6 Å². The fraction of sp³-hybridized carbons (Fsp3) is 0.654. The average Bonchev–Trinajstić information content (AvgIpc) is 3.79. The number of carbonyl (C=O) groups is 5. The standard InChI is InChI=1S/C52H74N12O6/c1-4-70-51(69)46-35(2)54-52(56-41-33-53-59(3)34-41)58-47(46)55-40-10-14-43(15-11-40)62-28-30-64(31-29-62)50(68)39-7-5-6-38(32-39)49(67)63-22-19-36(20-23-63)18-21-60-24-26-61(27-25-60)42-12-8-37(9-13-42)44-16-17-45(65)57-48(44)66/h8-9,12-13,33-34,36,38-40,43-44H,4-7,10-11,14-32H2,1-3H3,(H,57,65,66)(H2,54,55,56,58). The first-order valence-electron chi connectivity index (χ1n) is 26.3. The van der Waals surface area contributed by atoms with E-state index in [4.69, 9.17) is 9.72 Å². The number of nitrogens with zero attached hydrogens (tertiary/aromatic N) is 9. The van der Waals surface area contributed by atoms with Crippen LogP contribution in [0, 0.1) is 24.7 Å². The number of hydrogen-bond acceptors (Lipinski definition) is 14. The molecular weight excluding hydrogens is 889 g/mol. The Bertz CT molecular complexity index is 2310. The smallest absolute Gasteiger partial charge is 0.343 e. The molecular formula is C52H74N12O6. The van der Waals surface area contributed by atoms with Crippen molar-refractivity contribution in [3.8, 4) is 0 Å². The quantitative estimate of drug-likeness (QED) is 0.143. The highest BCUT2D eigenvalue weighted by molar-refractivity contribution is 6.01. The molecule has 9 rings (SSSR count). The van der Waals surface area contributed by atoms with Crippen LogP contribution in [0.5, 0.6) is 0 Å². The van der Waals surface area contributed by atoms with Gasteiger partial charge in [0.05, 0.1) is 30.1 Å². The zero-order chi connectivity index (χ0) is 48.7. The molecule has 4 saturated heterocycles. The van der Waals surface area contributed by atoms with Crippen LogP contribution >= 0.6 is 0 Å². The van der Waals surface area contributed by atoms with E-state index in [9.17, 15) is 24.0 Å². The van der Waals surface area contributed by atoms with Gasteiger partial charge in [0.1, 0.15) is 11.4 Å². The zero-order valence-corrected chi connectivity index (χ0v) is 41.6. The first kappa shape index (κ1) is 49.4. The Labute approximate surface area is 412 Å². The number of nitrogens with one attached hydrogen (secondary N) is 3. The lowest BCUT2D eigenvalue weighted by atomic mass is 9.79. The van der Waals surface area contributed by atoms with Crippen molar-refractivity contribution in [3.05, 3.63) is 53.5 Å². The summed E-state index contributed by atoms with van der Waals surface area (Å²) in [6.07, 6.45) is 15.0. The third-order valence-corrected chi connectivity index (χ3v) is 16.1. The first-order valence-corrected chi connectivity index (χ1v) is 26.3. The second-order valence-corrected chi connectivity index (χ2v) is 20.7. The minimum Gasteiger partial charge on any atom is -0.462 e. The van der Waals surface area contributed by atoms with Gasteiger partial charge in [-0.2, -0.15) is 10.1 Å². The summed E-state index contributed by atoms with van der Waals surface area (Å²) in [5.41, 5.74) is 3.81. The minimum absolute atomic E-state index is 0.0575. The maximum Gasteiger partial charge on any atom is 0.343 e. The van der Waals surface area contributed by atoms with Gasteiger partial charge in [0, 0.05) is 115 Å². The lowest BCUT2D eigenvalue weighted by molar-refractivity contribution is -0.143. The Morgan fingerprint density at radius 1 is 0.800 bits per heavy atom. The third kappa shape index (κ3) is 11.9. The van der Waals surface area contributed by atoms with Crippen LogP contribution in [0.1, 0.15) is 118 Å². The molecule has 6 heterocycles. The number of aromatic nitrogens is 4. The van der Waals surface area contributed by atoms with E-state index >= 15 is 0 Å². The molecule has 18 nitrogen and oxygen atoms in total. The van der Waals surface area contributed by atoms with Crippen LogP contribution in [-0.4, -0.2) is 160 Å². The summed E-state index contributed by atoms with van der Waals surface area (Å²) in [4.78, 5) is 85.9. The van der Waals surface area contributed by atoms with Gasteiger partial charge in [-0.05, 0) is 115 Å². The maximum absolute atomic E-state index is 14.0. The predicted molar refractivity (Wildman–Crippen MR) is 267 cm³/mol. The molecule has 6 aliphatic rings. The topological polar surface area (TPSA) is 190 Å². The van der Waals surface area contributed by atoms with Gasteiger partial charge in [0.15, 0.2) is 0 Å². The van der Waals surface area contributed by atoms with E-state index in [1.54, 1.807) is 24.7 Å². The van der Waals surface area contributed by atoms with Gasteiger partial charge in [-0.1, -0.05) is 18.6 Å². The summed E-state index contributed by atoms with van der Waals surface area (Å²) in [6, 6.07) is 8.89. The molecule has 4 aliphatic heterocycles. The van der Waals surface area contributed by atoms with Crippen LogP contribution in [0.3, 0.4) is 0 Å². The summed E-state index contributed by atoms with van der Waals surface area (Å²) in [5.74, 6) is 0.800. The van der Waals surface area contributed by atoms with Gasteiger partial charge < -0.3 is 30.1 Å². The Morgan fingerprint density at radius 2 is 1.49 bits per heavy atom. The summed E-state index contributed by atoms with van der Waals surface area (Å²) in [6.45, 7) is 13.7. The van der Waals surface area contributed by atoms with Crippen molar-refractivity contribution in [2.45, 2.75) is 115 Å². The van der Waals surface area contributed by atoms with Crippen LogP contribution in [0.25, 0.3) is 0 Å². The molecule has 3 N–H and O–H groups in total. The van der Waals surface area contributed by atoms with Gasteiger partial charge in [-0.25, -0.2) is 9.78 Å². The first-order chi connectivity index (χ1) is 34.0. The fourth-order valence-corrected chi connectivity index (χ4v) is 12.0. The Kier molecular flexibility index (Phi) is 16.0. The lowest BCUT2D eigenvalue weighted by Gasteiger charge is -2.43. The molecule has 3 atom stereocenters. The average molecular weight is 963 g/mol. The predicted octanol–water partition coefficient (Wildman–Crippen LogP) is 5.08. The van der Waals surface area contributed by atoms with Crippen molar-refractivity contribution >= 4 is 52.7 Å². The number of esters is 1. The number of anilines is 4. The van der Waals surface area contributed by atoms with Crippen molar-refractivity contribution < 1.29 is 28.7 Å². The highest BCUT2D eigenvalue weighted by Crippen LogP contribution is 2.35. The summed E-state index contributed by atoms with van der Waals surface area (Å²) >= 11 is 0. The summed E-state index contributed by atoms with van der Waals surface area (Å²) in [5, 5.41) is 13.5. The number of imide groups is 1. The number of hydrogen-bond donors (Lipinski definition) is 3. The molecule has 3 aromatic rings. The van der Waals surface area contributed by atoms with E-state index in [1.807, 2.05) is 25.4 Å². The normalized spacial score (nSPS) is 25.4. The van der Waals surface area contributed by atoms with Gasteiger partial charge in [-0.3, -0.25) is 39.0 Å². The SMILES string of the molecule is CCOC(=O)c1c(C)nc(Nc2cnn(C)c2)nc1NC1CCC(N2CCN(C(=O)C3CCCC(C(=O)N4CCC(CCN5CCN(c6ccc(C7CCC(=O)NC7=O)cc6)CC5)CC4)C3)CC2)CC1. The lowest BCUT2D eigenvalue weighted by Crippen LogP contribution is -2.54. The summed E-state index contributed by atoms with van der Waals surface area (Å²) in [7, 11) is 1.84. The molecule has 0 spiro atoms. The fourth-order valence-electron chi connectivity index (χ4n) is 12.0. The number of amides is 4. The molecule has 2 aromatic heterocycles. The monoisotopic (exact) mass is 963 g/mol. The highest BCUT2D eigenvalue weighted by atomic mass is 16.5. The number of rotatable bonds is 14. The number of piperidine rings is 2. The van der Waals surface area contributed by atoms with E-state index in [0.717, 1.165) is 147 Å². The third-order valence-electron chi connectivity index (χ3n) is 16.1. The van der Waals surface area contributed by atoms with Crippen molar-refractivity contribution in [1.29, 1.82) is 0 Å². The van der Waals surface area contributed by atoms with E-state index in [0.29, 0.717) is 54.2 Å². The van der Waals surface area contributed by atoms with Gasteiger partial charge in [0.25, 0.3) is 0 Å². The van der Waals surface area contributed by atoms with E-state index in [2.05, 4.69) is 62.7 Å². The number of piperazine rings is 2. The van der Waals surface area contributed by atoms with Crippen molar-refractivity contribution in [2.24, 2.45) is 24.8 Å². The minimum atomic E-state index is -0.436. The molecule has 6 fully saturated rings. The van der Waals surface area contributed by atoms with E-state index < -0.39 is 5.97 Å². The van der Waals surface area contributed by atoms with Gasteiger partial charge in [-0.15, -0.1) is 0 Å². The molecule has 2 aliphatic carbocycles. The second-order valence-electron chi connectivity index (χ2n) is 20.7. The van der Waals surface area contributed by atoms with Crippen LogP contribution < -0.4 is 20.9 Å². The molecule has 378 valence electrons. The Hall–Kier alpha value is -5.62. The van der Waals surface area contributed by atoms with E-state index in [1.165, 1.54) is 5.69 Å². The van der Waals surface area contributed by atoms with Crippen molar-refractivity contribution in [2.75, 3.05) is 94.1 Å². The Balaban J connectivity index is 0.668.